The van der Waals surface area contributed by atoms with Crippen LogP contribution in [0.25, 0.3) is 0 Å². The van der Waals surface area contributed by atoms with Gasteiger partial charge in [0.15, 0.2) is 0 Å². The molecule has 1 unspecified atom stereocenters. The van der Waals surface area contributed by atoms with Gasteiger partial charge in [0.2, 0.25) is 0 Å². The van der Waals surface area contributed by atoms with Crippen molar-refractivity contribution < 1.29 is 9.90 Å². The Morgan fingerprint density at radius 1 is 1.23 bits per heavy atom. The van der Waals surface area contributed by atoms with Gasteiger partial charge in [0.1, 0.15) is 0 Å². The molecule has 2 rings (SSSR count). The molecule has 122 valence electrons. The van der Waals surface area contributed by atoms with Gasteiger partial charge in [-0.3, -0.25) is 4.79 Å². The molecule has 0 radical (unpaired) electrons. The zero-order valence-corrected chi connectivity index (χ0v) is 13.9. The van der Waals surface area contributed by atoms with Crippen LogP contribution >= 0.6 is 0 Å². The summed E-state index contributed by atoms with van der Waals surface area (Å²) in [6.07, 6.45) is 12.3. The molecule has 0 aliphatic heterocycles. The lowest BCUT2D eigenvalue weighted by atomic mass is 9.79. The molecule has 0 fully saturated rings. The number of fused-ring (bicyclic) bond motifs is 1. The molecule has 2 heteroatoms. The second-order valence-electron chi connectivity index (χ2n) is 6.72. The van der Waals surface area contributed by atoms with E-state index < -0.39 is 5.97 Å². The minimum absolute atomic E-state index is 0.307. The van der Waals surface area contributed by atoms with Crippen LogP contribution in [0.1, 0.15) is 87.3 Å². The predicted octanol–water partition coefficient (Wildman–Crippen LogP) is 5.48. The van der Waals surface area contributed by atoms with Crippen LogP contribution in [0.4, 0.5) is 0 Å². The minimum Gasteiger partial charge on any atom is -0.481 e. The van der Waals surface area contributed by atoms with E-state index in [2.05, 4.69) is 25.1 Å². The first kappa shape index (κ1) is 17.1. The first-order chi connectivity index (χ1) is 10.7. The maximum Gasteiger partial charge on any atom is 0.303 e. The second kappa shape index (κ2) is 8.97. The molecule has 1 aliphatic rings. The van der Waals surface area contributed by atoms with Gasteiger partial charge < -0.3 is 5.11 Å². The SMILES string of the molecule is CCCCCCc1ccc2c(c1)CCCC2CCCC(=O)O. The molecule has 22 heavy (non-hydrogen) atoms. The molecule has 0 spiro atoms. The van der Waals surface area contributed by atoms with Gasteiger partial charge in [0.25, 0.3) is 0 Å². The van der Waals surface area contributed by atoms with Crippen LogP contribution in [0.2, 0.25) is 0 Å². The lowest BCUT2D eigenvalue weighted by molar-refractivity contribution is -0.137. The van der Waals surface area contributed by atoms with Gasteiger partial charge in [0, 0.05) is 6.42 Å². The number of carboxylic acid groups (broad SMARTS) is 1. The summed E-state index contributed by atoms with van der Waals surface area (Å²) >= 11 is 0. The van der Waals surface area contributed by atoms with Crippen LogP contribution in [0.15, 0.2) is 18.2 Å². The first-order valence-corrected chi connectivity index (χ1v) is 9.04. The van der Waals surface area contributed by atoms with Crippen LogP contribution in [-0.4, -0.2) is 11.1 Å². The van der Waals surface area contributed by atoms with E-state index >= 15 is 0 Å². The van der Waals surface area contributed by atoms with Gasteiger partial charge in [-0.05, 0) is 67.6 Å². The highest BCUT2D eigenvalue weighted by Gasteiger charge is 2.20. The first-order valence-electron chi connectivity index (χ1n) is 9.04. The Kier molecular flexibility index (Phi) is 6.95. The monoisotopic (exact) mass is 302 g/mol. The Labute approximate surface area is 134 Å². The molecule has 0 heterocycles. The number of hydrogen-bond donors (Lipinski definition) is 1. The van der Waals surface area contributed by atoms with Crippen molar-refractivity contribution in [1.82, 2.24) is 0 Å². The number of rotatable bonds is 9. The van der Waals surface area contributed by atoms with Gasteiger partial charge in [-0.25, -0.2) is 0 Å². The average Bonchev–Trinajstić information content (AvgIpc) is 2.51. The van der Waals surface area contributed by atoms with Gasteiger partial charge in [-0.15, -0.1) is 0 Å². The van der Waals surface area contributed by atoms with E-state index in [-0.39, 0.29) is 0 Å². The van der Waals surface area contributed by atoms with Gasteiger partial charge in [-0.2, -0.15) is 0 Å². The van der Waals surface area contributed by atoms with Crippen LogP contribution in [-0.2, 0) is 17.6 Å². The lowest BCUT2D eigenvalue weighted by Crippen LogP contribution is -2.11. The van der Waals surface area contributed by atoms with Gasteiger partial charge in [0.05, 0.1) is 0 Å². The van der Waals surface area contributed by atoms with Crippen molar-refractivity contribution in [3.63, 3.8) is 0 Å². The Morgan fingerprint density at radius 2 is 2.09 bits per heavy atom. The van der Waals surface area contributed by atoms with Crippen molar-refractivity contribution >= 4 is 5.97 Å². The van der Waals surface area contributed by atoms with Crippen LogP contribution in [0, 0.1) is 0 Å². The molecule has 2 nitrogen and oxygen atoms in total. The molecule has 0 saturated carbocycles. The van der Waals surface area contributed by atoms with Crippen LogP contribution in [0.5, 0.6) is 0 Å². The Morgan fingerprint density at radius 3 is 2.86 bits per heavy atom. The van der Waals surface area contributed by atoms with Crippen molar-refractivity contribution in [3.05, 3.63) is 34.9 Å². The smallest absolute Gasteiger partial charge is 0.303 e. The normalized spacial score (nSPS) is 17.2. The fraction of sp³-hybridized carbons (Fsp3) is 0.650. The van der Waals surface area contributed by atoms with Crippen molar-refractivity contribution in [2.45, 2.75) is 83.5 Å². The van der Waals surface area contributed by atoms with Crippen LogP contribution < -0.4 is 0 Å². The topological polar surface area (TPSA) is 37.3 Å². The maximum absolute atomic E-state index is 10.7. The standard InChI is InChI=1S/C20H30O2/c1-2-3-4-5-8-16-13-14-19-17(10-7-12-20(21)22)9-6-11-18(19)15-16/h13-15,17H,2-12H2,1H3,(H,21,22). The maximum atomic E-state index is 10.7. The zero-order chi connectivity index (χ0) is 15.8. The van der Waals surface area contributed by atoms with Gasteiger partial charge in [-0.1, -0.05) is 44.4 Å². The summed E-state index contributed by atoms with van der Waals surface area (Å²) in [6.45, 7) is 2.25. The zero-order valence-electron chi connectivity index (χ0n) is 13.9. The average molecular weight is 302 g/mol. The predicted molar refractivity (Wildman–Crippen MR) is 91.5 cm³/mol. The lowest BCUT2D eigenvalue weighted by Gasteiger charge is -2.26. The number of hydrogen-bond acceptors (Lipinski definition) is 1. The Balaban J connectivity index is 1.92. The number of unbranched alkanes of at least 4 members (excludes halogenated alkanes) is 3. The summed E-state index contributed by atoms with van der Waals surface area (Å²) < 4.78 is 0. The highest BCUT2D eigenvalue weighted by molar-refractivity contribution is 5.66. The minimum atomic E-state index is -0.668. The van der Waals surface area contributed by atoms with Crippen molar-refractivity contribution in [2.24, 2.45) is 0 Å². The summed E-state index contributed by atoms with van der Waals surface area (Å²) in [4.78, 5) is 10.7. The van der Waals surface area contributed by atoms with E-state index in [0.717, 1.165) is 12.8 Å². The molecule has 1 N–H and O–H groups in total. The molecular weight excluding hydrogens is 272 g/mol. The van der Waals surface area contributed by atoms with E-state index in [1.54, 1.807) is 0 Å². The molecule has 1 aromatic carbocycles. The Hall–Kier alpha value is -1.31. The number of benzene rings is 1. The van der Waals surface area contributed by atoms with E-state index in [1.165, 1.54) is 68.1 Å². The highest BCUT2D eigenvalue weighted by Crippen LogP contribution is 2.35. The van der Waals surface area contributed by atoms with E-state index in [0.29, 0.717) is 12.3 Å². The third-order valence-corrected chi connectivity index (χ3v) is 4.91. The molecule has 1 aliphatic carbocycles. The van der Waals surface area contributed by atoms with Crippen LogP contribution in [0.3, 0.4) is 0 Å². The fourth-order valence-corrected chi connectivity index (χ4v) is 3.68. The molecule has 0 saturated heterocycles. The quantitative estimate of drug-likeness (QED) is 0.613. The summed E-state index contributed by atoms with van der Waals surface area (Å²) in [7, 11) is 0. The van der Waals surface area contributed by atoms with Crippen molar-refractivity contribution in [1.29, 1.82) is 0 Å². The van der Waals surface area contributed by atoms with E-state index in [9.17, 15) is 4.79 Å². The molecular formula is C20H30O2. The number of carboxylic acids is 1. The molecule has 1 aromatic rings. The fourth-order valence-electron chi connectivity index (χ4n) is 3.68. The molecule has 1 atom stereocenters. The number of aliphatic carboxylic acids is 1. The molecule has 0 amide bonds. The highest BCUT2D eigenvalue weighted by atomic mass is 16.4. The summed E-state index contributed by atoms with van der Waals surface area (Å²) in [5.41, 5.74) is 4.51. The number of aryl methyl sites for hydroxylation is 2. The second-order valence-corrected chi connectivity index (χ2v) is 6.72. The summed E-state index contributed by atoms with van der Waals surface area (Å²) in [6, 6.07) is 7.06. The van der Waals surface area contributed by atoms with Crippen molar-refractivity contribution in [2.75, 3.05) is 0 Å². The van der Waals surface area contributed by atoms with Gasteiger partial charge >= 0.3 is 5.97 Å². The summed E-state index contributed by atoms with van der Waals surface area (Å²) in [5, 5.41) is 8.80. The summed E-state index contributed by atoms with van der Waals surface area (Å²) in [5.74, 6) is -0.0873. The number of carbonyl (C=O) groups is 1. The third-order valence-electron chi connectivity index (χ3n) is 4.91. The molecule has 0 bridgehead atoms. The van der Waals surface area contributed by atoms with E-state index in [4.69, 9.17) is 5.11 Å². The largest absolute Gasteiger partial charge is 0.481 e. The molecule has 0 aromatic heterocycles. The third kappa shape index (κ3) is 5.15. The van der Waals surface area contributed by atoms with Crippen molar-refractivity contribution in [3.8, 4) is 0 Å². The van der Waals surface area contributed by atoms with E-state index in [1.807, 2.05) is 0 Å². The Bertz CT molecular complexity index is 479.